The van der Waals surface area contributed by atoms with Crippen molar-refractivity contribution in [2.24, 2.45) is 0 Å². The van der Waals surface area contributed by atoms with Gasteiger partial charge in [0.1, 0.15) is 0 Å². The zero-order chi connectivity index (χ0) is 85.3. The molecule has 20 rings (SSSR count). The van der Waals surface area contributed by atoms with E-state index in [0.717, 1.165) is 91.8 Å². The molecule has 0 aliphatic carbocycles. The molecule has 0 aromatic heterocycles. The van der Waals surface area contributed by atoms with Crippen molar-refractivity contribution in [3.63, 3.8) is 0 Å². The van der Waals surface area contributed by atoms with Gasteiger partial charge in [0.15, 0.2) is 0 Å². The number of anilines is 15. The third kappa shape index (κ3) is 19.6. The number of hydrogen-bond donors (Lipinski definition) is 0. The molecule has 0 saturated carbocycles. The predicted octanol–water partition coefficient (Wildman–Crippen LogP) is 35.4. The first-order chi connectivity index (χ1) is 60.8. The van der Waals surface area contributed by atoms with Gasteiger partial charge in [-0.1, -0.05) is 328 Å². The molecule has 120 heavy (non-hydrogen) atoms. The molecule has 0 heterocycles. The molecular formula is C110H80Br5N5. The first kappa shape index (κ1) is 75.8. The summed E-state index contributed by atoms with van der Waals surface area (Å²) in [5.74, 6) is 0. The summed E-state index contributed by atoms with van der Waals surface area (Å²) in [6, 6.07) is 159. The molecule has 580 valence electrons. The first-order valence-electron chi connectivity index (χ1n) is 41.2. The van der Waals surface area contributed by atoms with Gasteiger partial charge in [0, 0.05) is 107 Å². The largest absolute Gasteiger partial charge is 0.311 e. The Balaban J connectivity index is 0.000000116. The molecule has 20 aromatic carbocycles. The van der Waals surface area contributed by atoms with E-state index in [1.165, 1.54) is 59.5 Å². The smallest absolute Gasteiger partial charge is 0.0645 e. The van der Waals surface area contributed by atoms with E-state index in [9.17, 15) is 0 Å². The number of para-hydroxylation sites is 8. The summed E-state index contributed by atoms with van der Waals surface area (Å²) in [5.41, 5.74) is 15.6. The van der Waals surface area contributed by atoms with Crippen molar-refractivity contribution in [1.29, 1.82) is 0 Å². The molecule has 5 nitrogen and oxygen atoms in total. The van der Waals surface area contributed by atoms with Gasteiger partial charge in [-0.15, -0.1) is 0 Å². The standard InChI is InChI=1S/C30H20BrN.2C22H16BrN.2C18H14BrN/c31-21-15-17-27-25-13-7-8-14-26(25)28-18-16-24(20-30(28)29(27)19-21)32(22-9-3-1-4-10-22)23-11-5-2-6-12-23;23-18-13-15-20(16-14-18)24(19-9-2-1-3-10-19)22-12-6-8-17-7-4-5-11-21(17)22;23-19-11-14-21(15-12-19)24(20-8-2-1-3-9-20)22-13-10-17-6-4-5-7-18(17)16-22;2*19-15-11-13-18(14-12-15)20(16-7-3-1-4-8-16)17-9-5-2-6-10-17/h1-20H;2*1-16H;2*1-14H/i;;;11D,12D,13D,14D;. The Morgan fingerprint density at radius 3 is 0.808 bits per heavy atom. The predicted molar refractivity (Wildman–Crippen MR) is 532 cm³/mol. The lowest BCUT2D eigenvalue weighted by Gasteiger charge is -2.26. The third-order valence-corrected chi connectivity index (χ3v) is 22.7. The van der Waals surface area contributed by atoms with Crippen LogP contribution in [0.1, 0.15) is 5.48 Å². The highest BCUT2D eigenvalue weighted by atomic mass is 79.9. The van der Waals surface area contributed by atoms with Crippen LogP contribution in [0.5, 0.6) is 0 Å². The Morgan fingerprint density at radius 2 is 0.400 bits per heavy atom. The van der Waals surface area contributed by atoms with E-state index >= 15 is 0 Å². The van der Waals surface area contributed by atoms with Crippen LogP contribution < -0.4 is 24.5 Å². The molecule has 0 N–H and O–H groups in total. The Hall–Kier alpha value is -12.9. The second kappa shape index (κ2) is 39.6. The summed E-state index contributed by atoms with van der Waals surface area (Å²) in [6.07, 6.45) is 0. The van der Waals surface area contributed by atoms with Crippen molar-refractivity contribution in [2.75, 3.05) is 24.5 Å². The first-order valence-corrected chi connectivity index (χ1v) is 43.2. The highest BCUT2D eigenvalue weighted by Gasteiger charge is 2.20. The second-order valence-electron chi connectivity index (χ2n) is 27.9. The minimum Gasteiger partial charge on any atom is -0.311 e. The SMILES string of the molecule is Brc1ccc(N(c2ccccc2)c2ccc3ccccc3c2)cc1.Brc1ccc(N(c2ccccc2)c2cccc3ccccc23)cc1.Brc1ccc(N(c2ccccc2)c2ccccc2)cc1.Brc1ccc2c3ccccc3c3ccc(N(c4ccccc4)c4ccccc4)cc3c2c1.[2H]c1c([2H])c(N(c2ccccc2)c2ccccc2)c([2H])c([2H])c1Br. The maximum Gasteiger partial charge on any atom is 0.0645 e. The molecule has 10 heteroatoms. The molecule has 0 radical (unpaired) electrons. The van der Waals surface area contributed by atoms with E-state index in [1.54, 1.807) is 4.90 Å². The summed E-state index contributed by atoms with van der Waals surface area (Å²) in [6.45, 7) is 0. The number of fused-ring (bicyclic) bond motifs is 8. The van der Waals surface area contributed by atoms with Crippen molar-refractivity contribution in [3.05, 3.63) is 508 Å². The van der Waals surface area contributed by atoms with E-state index in [2.05, 4.69) is 475 Å². The summed E-state index contributed by atoms with van der Waals surface area (Å²) in [4.78, 5) is 10.9. The van der Waals surface area contributed by atoms with E-state index in [4.69, 9.17) is 5.48 Å². The number of rotatable bonds is 15. The summed E-state index contributed by atoms with van der Waals surface area (Å²) in [7, 11) is 0. The van der Waals surface area contributed by atoms with Crippen LogP contribution in [0.25, 0.3) is 53.9 Å². The molecule has 0 unspecified atom stereocenters. The van der Waals surface area contributed by atoms with Crippen molar-refractivity contribution in [2.45, 2.75) is 0 Å². The van der Waals surface area contributed by atoms with Gasteiger partial charge in [0.25, 0.3) is 0 Å². The van der Waals surface area contributed by atoms with Gasteiger partial charge in [-0.25, -0.2) is 0 Å². The van der Waals surface area contributed by atoms with Gasteiger partial charge in [-0.2, -0.15) is 0 Å². The fraction of sp³-hybridized carbons (Fsp3) is 0. The van der Waals surface area contributed by atoms with Crippen molar-refractivity contribution in [1.82, 2.24) is 0 Å². The fourth-order valence-electron chi connectivity index (χ4n) is 14.7. The molecule has 0 aliphatic heterocycles. The van der Waals surface area contributed by atoms with Gasteiger partial charge in [0.05, 0.1) is 11.2 Å². The van der Waals surface area contributed by atoms with Gasteiger partial charge in [-0.05, 0) is 285 Å². The van der Waals surface area contributed by atoms with Gasteiger partial charge < -0.3 is 24.5 Å². The van der Waals surface area contributed by atoms with E-state index < -0.39 is 0 Å². The molecule has 0 aliphatic rings. The lowest BCUT2D eigenvalue weighted by Crippen LogP contribution is -2.10. The van der Waals surface area contributed by atoms with Crippen molar-refractivity contribution >= 4 is 219 Å². The van der Waals surface area contributed by atoms with Crippen molar-refractivity contribution in [3.8, 4) is 0 Å². The second-order valence-corrected chi connectivity index (χ2v) is 32.4. The molecule has 0 bridgehead atoms. The van der Waals surface area contributed by atoms with E-state index in [1.807, 2.05) is 84.9 Å². The summed E-state index contributed by atoms with van der Waals surface area (Å²) >= 11 is 17.4. The highest BCUT2D eigenvalue weighted by molar-refractivity contribution is 9.11. The quantitative estimate of drug-likeness (QED) is 0.0948. The van der Waals surface area contributed by atoms with Crippen LogP contribution in [0.4, 0.5) is 85.3 Å². The zero-order valence-electron chi connectivity index (χ0n) is 69.0. The van der Waals surface area contributed by atoms with Crippen LogP contribution in [0.15, 0.2) is 508 Å². The molecule has 0 atom stereocenters. The monoisotopic (exact) mass is 1870 g/mol. The highest BCUT2D eigenvalue weighted by Crippen LogP contribution is 2.45. The number of halogens is 5. The van der Waals surface area contributed by atoms with Gasteiger partial charge in [0.2, 0.25) is 0 Å². The van der Waals surface area contributed by atoms with Gasteiger partial charge >= 0.3 is 0 Å². The van der Waals surface area contributed by atoms with Gasteiger partial charge in [-0.3, -0.25) is 0 Å². The molecule has 20 aromatic rings. The Bertz CT molecular complexity index is 6810. The maximum absolute atomic E-state index is 8.34. The van der Waals surface area contributed by atoms with Crippen LogP contribution in [0.2, 0.25) is 0 Å². The Morgan fingerprint density at radius 1 is 0.142 bits per heavy atom. The van der Waals surface area contributed by atoms with Crippen LogP contribution in [-0.2, 0) is 0 Å². The summed E-state index contributed by atoms with van der Waals surface area (Å²) in [5, 5.41) is 12.6. The van der Waals surface area contributed by atoms with Crippen LogP contribution in [0, 0.1) is 0 Å². The number of hydrogen-bond acceptors (Lipinski definition) is 5. The zero-order valence-corrected chi connectivity index (χ0v) is 72.9. The van der Waals surface area contributed by atoms with Crippen molar-refractivity contribution < 1.29 is 5.48 Å². The fourth-order valence-corrected chi connectivity index (χ4v) is 16.1. The van der Waals surface area contributed by atoms with E-state index in [-0.39, 0.29) is 34.3 Å². The lowest BCUT2D eigenvalue weighted by atomic mass is 9.94. The third-order valence-electron chi connectivity index (χ3n) is 20.2. The van der Waals surface area contributed by atoms with E-state index in [0.29, 0.717) is 0 Å². The minimum atomic E-state index is -0.0946. The Labute approximate surface area is 749 Å². The molecule has 0 amide bonds. The topological polar surface area (TPSA) is 16.2 Å². The summed E-state index contributed by atoms with van der Waals surface area (Å²) < 4.78 is 37.3. The van der Waals surface area contributed by atoms with Crippen LogP contribution >= 0.6 is 79.6 Å². The van der Waals surface area contributed by atoms with Crippen LogP contribution in [0.3, 0.4) is 0 Å². The Kier molecular flexibility index (Phi) is 25.0. The number of benzene rings is 20. The molecule has 0 saturated heterocycles. The van der Waals surface area contributed by atoms with Crippen LogP contribution in [-0.4, -0.2) is 0 Å². The lowest BCUT2D eigenvalue weighted by molar-refractivity contribution is 1.28. The molecular weight excluding hydrogens is 1790 g/mol. The minimum absolute atomic E-state index is 0.0874. The average Bonchev–Trinajstić information content (AvgIpc) is 0.734. The number of nitrogens with zero attached hydrogens (tertiary/aromatic N) is 5. The maximum atomic E-state index is 8.34. The molecule has 0 fully saturated rings. The average molecular weight is 1880 g/mol. The molecule has 0 spiro atoms. The normalized spacial score (nSPS) is 11.2.